The molecule has 21 heavy (non-hydrogen) atoms. The Balaban J connectivity index is 2.01. The van der Waals surface area contributed by atoms with Crippen molar-refractivity contribution in [2.24, 2.45) is 0 Å². The number of rotatable bonds is 6. The molecule has 0 spiro atoms. The van der Waals surface area contributed by atoms with E-state index in [2.05, 4.69) is 40.1 Å². The molecule has 0 atom stereocenters. The fourth-order valence-electron chi connectivity index (χ4n) is 2.15. The van der Waals surface area contributed by atoms with Crippen LogP contribution in [0, 0.1) is 13.8 Å². The molecule has 1 heterocycles. The van der Waals surface area contributed by atoms with Crippen LogP contribution in [-0.2, 0) is 17.8 Å². The third-order valence-corrected chi connectivity index (χ3v) is 5.57. The van der Waals surface area contributed by atoms with Crippen LogP contribution in [0.4, 0.5) is 0 Å². The number of carbonyl (C=O) groups is 1. The largest absolute Gasteiger partial charge is 0.298 e. The maximum atomic E-state index is 12.2. The van der Waals surface area contributed by atoms with Gasteiger partial charge in [0.1, 0.15) is 5.78 Å². The zero-order chi connectivity index (χ0) is 15.4. The van der Waals surface area contributed by atoms with E-state index in [4.69, 9.17) is 0 Å². The molecule has 0 radical (unpaired) electrons. The van der Waals surface area contributed by atoms with Crippen molar-refractivity contribution in [3.8, 4) is 0 Å². The monoisotopic (exact) mass is 366 g/mol. The molecule has 3 nitrogen and oxygen atoms in total. The van der Waals surface area contributed by atoms with Gasteiger partial charge >= 0.3 is 0 Å². The maximum absolute atomic E-state index is 12.2. The molecule has 0 saturated heterocycles. The molecule has 0 N–H and O–H groups in total. The lowest BCUT2D eigenvalue weighted by Gasteiger charge is -2.06. The van der Waals surface area contributed by atoms with E-state index in [1.807, 2.05) is 30.7 Å². The minimum Gasteiger partial charge on any atom is -0.298 e. The number of hydrogen-bond acceptors (Lipinski definition) is 3. The number of hydrogen-bond donors (Lipinski definition) is 0. The van der Waals surface area contributed by atoms with Crippen molar-refractivity contribution in [3.63, 3.8) is 0 Å². The first kappa shape index (κ1) is 16.3. The van der Waals surface area contributed by atoms with Crippen LogP contribution in [0.15, 0.2) is 33.6 Å². The summed E-state index contributed by atoms with van der Waals surface area (Å²) >= 11 is 5.14. The molecule has 0 bridgehead atoms. The zero-order valence-electron chi connectivity index (χ0n) is 12.5. The highest BCUT2D eigenvalue weighted by atomic mass is 79.9. The van der Waals surface area contributed by atoms with Crippen LogP contribution in [0.5, 0.6) is 0 Å². The van der Waals surface area contributed by atoms with Crippen molar-refractivity contribution in [2.75, 3.05) is 5.75 Å². The van der Waals surface area contributed by atoms with Gasteiger partial charge in [0, 0.05) is 11.4 Å². The van der Waals surface area contributed by atoms with E-state index in [1.54, 1.807) is 11.8 Å². The summed E-state index contributed by atoms with van der Waals surface area (Å²) < 4.78 is 2.86. The summed E-state index contributed by atoms with van der Waals surface area (Å²) in [6, 6.07) is 8.15. The van der Waals surface area contributed by atoms with Gasteiger partial charge in [-0.2, -0.15) is 5.10 Å². The standard InChI is InChI=1S/C16H19BrN2OS/c1-4-19-14(16(17)12(3)18-19)9-13(20)10-21-15-8-6-5-7-11(15)2/h5-8H,4,9-10H2,1-3H3. The van der Waals surface area contributed by atoms with Crippen molar-refractivity contribution >= 4 is 33.5 Å². The molecule has 0 saturated carbocycles. The summed E-state index contributed by atoms with van der Waals surface area (Å²) in [5.41, 5.74) is 3.13. The van der Waals surface area contributed by atoms with E-state index in [9.17, 15) is 4.79 Å². The Hall–Kier alpha value is -1.07. The van der Waals surface area contributed by atoms with Gasteiger partial charge in [-0.3, -0.25) is 9.48 Å². The molecule has 0 aliphatic rings. The molecule has 0 fully saturated rings. The van der Waals surface area contributed by atoms with Gasteiger partial charge in [-0.05, 0) is 48.3 Å². The summed E-state index contributed by atoms with van der Waals surface area (Å²) in [7, 11) is 0. The molecule has 1 aromatic carbocycles. The second-order valence-corrected chi connectivity index (χ2v) is 6.74. The minimum atomic E-state index is 0.221. The van der Waals surface area contributed by atoms with Crippen LogP contribution < -0.4 is 0 Å². The van der Waals surface area contributed by atoms with Crippen LogP contribution in [0.2, 0.25) is 0 Å². The third-order valence-electron chi connectivity index (χ3n) is 3.30. The number of carbonyl (C=O) groups excluding carboxylic acids is 1. The summed E-state index contributed by atoms with van der Waals surface area (Å²) in [4.78, 5) is 13.4. The Labute approximate surface area is 138 Å². The van der Waals surface area contributed by atoms with Gasteiger partial charge in [0.25, 0.3) is 0 Å². The van der Waals surface area contributed by atoms with E-state index in [0.717, 1.165) is 22.4 Å². The molecule has 2 rings (SSSR count). The number of ketones is 1. The molecule has 2 aromatic rings. The molecule has 0 aliphatic heterocycles. The summed E-state index contributed by atoms with van der Waals surface area (Å²) in [5.74, 6) is 0.712. The van der Waals surface area contributed by atoms with Crippen LogP contribution in [0.3, 0.4) is 0 Å². The van der Waals surface area contributed by atoms with Crippen LogP contribution in [0.1, 0.15) is 23.9 Å². The van der Waals surface area contributed by atoms with Crippen LogP contribution in [0.25, 0.3) is 0 Å². The Morgan fingerprint density at radius 1 is 1.33 bits per heavy atom. The van der Waals surface area contributed by atoms with Crippen molar-refractivity contribution in [3.05, 3.63) is 45.7 Å². The molecule has 0 aliphatic carbocycles. The van der Waals surface area contributed by atoms with E-state index in [-0.39, 0.29) is 5.78 Å². The van der Waals surface area contributed by atoms with Gasteiger partial charge in [0.15, 0.2) is 0 Å². The summed E-state index contributed by atoms with van der Waals surface area (Å²) in [6.45, 7) is 6.83. The van der Waals surface area contributed by atoms with Gasteiger partial charge in [0.05, 0.1) is 28.0 Å². The molecule has 5 heteroatoms. The minimum absolute atomic E-state index is 0.221. The smallest absolute Gasteiger partial charge is 0.149 e. The number of aromatic nitrogens is 2. The topological polar surface area (TPSA) is 34.9 Å². The predicted octanol–water partition coefficient (Wildman–Crippen LogP) is 4.19. The molecule has 0 unspecified atom stereocenters. The lowest BCUT2D eigenvalue weighted by atomic mass is 10.2. The van der Waals surface area contributed by atoms with Gasteiger partial charge in [-0.1, -0.05) is 18.2 Å². The Kier molecular flexibility index (Phi) is 5.65. The number of benzene rings is 1. The Bertz CT molecular complexity index is 652. The predicted molar refractivity (Wildman–Crippen MR) is 91.0 cm³/mol. The fourth-order valence-corrected chi connectivity index (χ4v) is 3.47. The first-order chi connectivity index (χ1) is 10.0. The van der Waals surface area contributed by atoms with Crippen molar-refractivity contribution in [1.82, 2.24) is 9.78 Å². The lowest BCUT2D eigenvalue weighted by molar-refractivity contribution is -0.116. The van der Waals surface area contributed by atoms with E-state index in [0.29, 0.717) is 12.2 Å². The second-order valence-electron chi connectivity index (χ2n) is 4.93. The van der Waals surface area contributed by atoms with Crippen LogP contribution >= 0.6 is 27.7 Å². The Morgan fingerprint density at radius 2 is 2.05 bits per heavy atom. The SMILES string of the molecule is CCn1nc(C)c(Br)c1CC(=O)CSc1ccccc1C. The quantitative estimate of drug-likeness (QED) is 0.719. The average molecular weight is 367 g/mol. The molecular weight excluding hydrogens is 348 g/mol. The zero-order valence-corrected chi connectivity index (χ0v) is 14.9. The number of nitrogens with zero attached hydrogens (tertiary/aromatic N) is 2. The van der Waals surface area contributed by atoms with E-state index < -0.39 is 0 Å². The molecule has 1 aromatic heterocycles. The highest BCUT2D eigenvalue weighted by molar-refractivity contribution is 9.10. The number of halogens is 1. The summed E-state index contributed by atoms with van der Waals surface area (Å²) in [6.07, 6.45) is 0.425. The van der Waals surface area contributed by atoms with Gasteiger partial charge in [0.2, 0.25) is 0 Å². The van der Waals surface area contributed by atoms with Crippen LogP contribution in [-0.4, -0.2) is 21.3 Å². The first-order valence-corrected chi connectivity index (χ1v) is 8.72. The first-order valence-electron chi connectivity index (χ1n) is 6.94. The summed E-state index contributed by atoms with van der Waals surface area (Å²) in [5, 5.41) is 4.42. The normalized spacial score (nSPS) is 10.9. The number of aryl methyl sites for hydroxylation is 3. The van der Waals surface area contributed by atoms with Gasteiger partial charge < -0.3 is 0 Å². The molecular formula is C16H19BrN2OS. The number of thioether (sulfide) groups is 1. The maximum Gasteiger partial charge on any atom is 0.149 e. The lowest BCUT2D eigenvalue weighted by Crippen LogP contribution is -2.11. The van der Waals surface area contributed by atoms with Crippen molar-refractivity contribution in [2.45, 2.75) is 38.6 Å². The fraction of sp³-hybridized carbons (Fsp3) is 0.375. The van der Waals surface area contributed by atoms with Crippen molar-refractivity contribution in [1.29, 1.82) is 0 Å². The highest BCUT2D eigenvalue weighted by Gasteiger charge is 2.15. The second kappa shape index (κ2) is 7.27. The average Bonchev–Trinajstić information content (AvgIpc) is 2.74. The third kappa shape index (κ3) is 3.98. The van der Waals surface area contributed by atoms with Crippen molar-refractivity contribution < 1.29 is 4.79 Å². The molecule has 0 amide bonds. The number of Topliss-reactive ketones (excluding diaryl/α,β-unsaturated/α-hetero) is 1. The molecule has 112 valence electrons. The van der Waals surface area contributed by atoms with Gasteiger partial charge in [-0.25, -0.2) is 0 Å². The van der Waals surface area contributed by atoms with Gasteiger partial charge in [-0.15, -0.1) is 11.8 Å². The van der Waals surface area contributed by atoms with E-state index >= 15 is 0 Å². The van der Waals surface area contributed by atoms with E-state index in [1.165, 1.54) is 10.5 Å². The Morgan fingerprint density at radius 3 is 2.71 bits per heavy atom. The highest BCUT2D eigenvalue weighted by Crippen LogP contribution is 2.24.